The van der Waals surface area contributed by atoms with Crippen LogP contribution in [0, 0.1) is 10.1 Å². The summed E-state index contributed by atoms with van der Waals surface area (Å²) in [7, 11) is 3.72. The van der Waals surface area contributed by atoms with Gasteiger partial charge in [0.25, 0.3) is 5.69 Å². The first-order valence-electron chi connectivity index (χ1n) is 8.95. The molecular formula is C20H21ClN2O4. The van der Waals surface area contributed by atoms with Gasteiger partial charge in [-0.05, 0) is 42.8 Å². The topological polar surface area (TPSA) is 64.8 Å². The number of rotatable bonds is 3. The molecule has 2 aliphatic rings. The van der Waals surface area contributed by atoms with Crippen LogP contribution in [-0.4, -0.2) is 43.2 Å². The van der Waals surface area contributed by atoms with Gasteiger partial charge in [-0.1, -0.05) is 11.6 Å². The second-order valence-corrected chi connectivity index (χ2v) is 7.62. The molecule has 2 heterocycles. The third-order valence-electron chi connectivity index (χ3n) is 5.49. The number of fused-ring (bicyclic) bond motifs is 2. The van der Waals surface area contributed by atoms with Gasteiger partial charge < -0.3 is 14.4 Å². The second kappa shape index (κ2) is 7.02. The molecule has 0 bridgehead atoms. The SMILES string of the molecule is COc1cc2c(cc1Cl)CCN(C)CC2C1Cc2cc([N+](=O)[O-])ccc2O1. The lowest BCUT2D eigenvalue weighted by Gasteiger charge is -2.27. The molecule has 2 atom stereocenters. The van der Waals surface area contributed by atoms with E-state index in [1.807, 2.05) is 12.1 Å². The first-order valence-corrected chi connectivity index (χ1v) is 9.33. The van der Waals surface area contributed by atoms with Crippen molar-refractivity contribution in [3.63, 3.8) is 0 Å². The van der Waals surface area contributed by atoms with Gasteiger partial charge in [0.05, 0.1) is 17.1 Å². The minimum atomic E-state index is -0.366. The number of non-ortho nitro benzene ring substituents is 1. The Hall–Kier alpha value is -2.31. The number of nitro benzene ring substituents is 1. The summed E-state index contributed by atoms with van der Waals surface area (Å²) in [6, 6.07) is 8.85. The van der Waals surface area contributed by atoms with E-state index in [-0.39, 0.29) is 22.6 Å². The first-order chi connectivity index (χ1) is 13.0. The number of nitro groups is 1. The van der Waals surface area contributed by atoms with Crippen LogP contribution in [0.2, 0.25) is 5.02 Å². The molecular weight excluding hydrogens is 368 g/mol. The summed E-state index contributed by atoms with van der Waals surface area (Å²) in [5.74, 6) is 1.53. The van der Waals surface area contributed by atoms with E-state index < -0.39 is 0 Å². The van der Waals surface area contributed by atoms with Gasteiger partial charge in [0.15, 0.2) is 0 Å². The van der Waals surface area contributed by atoms with Crippen molar-refractivity contribution in [1.29, 1.82) is 0 Å². The summed E-state index contributed by atoms with van der Waals surface area (Å²) in [6.07, 6.45) is 1.49. The highest BCUT2D eigenvalue weighted by atomic mass is 35.5. The van der Waals surface area contributed by atoms with Crippen LogP contribution in [0.25, 0.3) is 0 Å². The minimum Gasteiger partial charge on any atom is -0.495 e. The van der Waals surface area contributed by atoms with E-state index >= 15 is 0 Å². The molecule has 27 heavy (non-hydrogen) atoms. The number of methoxy groups -OCH3 is 1. The number of nitrogens with zero attached hydrogens (tertiary/aromatic N) is 2. The Morgan fingerprint density at radius 1 is 1.30 bits per heavy atom. The quantitative estimate of drug-likeness (QED) is 0.590. The maximum Gasteiger partial charge on any atom is 0.269 e. The Morgan fingerprint density at radius 2 is 2.11 bits per heavy atom. The monoisotopic (exact) mass is 388 g/mol. The van der Waals surface area contributed by atoms with Crippen LogP contribution >= 0.6 is 11.6 Å². The van der Waals surface area contributed by atoms with Crippen molar-refractivity contribution in [3.8, 4) is 11.5 Å². The first kappa shape index (κ1) is 18.1. The van der Waals surface area contributed by atoms with Gasteiger partial charge in [0, 0.05) is 43.1 Å². The Kier molecular flexibility index (Phi) is 4.70. The van der Waals surface area contributed by atoms with Gasteiger partial charge in [-0.3, -0.25) is 10.1 Å². The molecule has 0 fully saturated rings. The fourth-order valence-electron chi connectivity index (χ4n) is 4.08. The van der Waals surface area contributed by atoms with Gasteiger partial charge in [-0.25, -0.2) is 0 Å². The largest absolute Gasteiger partial charge is 0.495 e. The van der Waals surface area contributed by atoms with E-state index in [1.165, 1.54) is 17.2 Å². The van der Waals surface area contributed by atoms with Crippen molar-refractivity contribution in [1.82, 2.24) is 4.90 Å². The molecule has 0 radical (unpaired) electrons. The summed E-state index contributed by atoms with van der Waals surface area (Å²) in [4.78, 5) is 13.0. The molecule has 142 valence electrons. The molecule has 0 saturated heterocycles. The summed E-state index contributed by atoms with van der Waals surface area (Å²) in [5.41, 5.74) is 3.39. The maximum atomic E-state index is 11.1. The van der Waals surface area contributed by atoms with Crippen LogP contribution < -0.4 is 9.47 Å². The lowest BCUT2D eigenvalue weighted by atomic mass is 9.87. The molecule has 2 aliphatic heterocycles. The highest BCUT2D eigenvalue weighted by Gasteiger charge is 2.36. The zero-order valence-electron chi connectivity index (χ0n) is 15.3. The molecule has 2 unspecified atom stereocenters. The number of hydrogen-bond donors (Lipinski definition) is 0. The third-order valence-corrected chi connectivity index (χ3v) is 5.78. The molecule has 7 heteroatoms. The molecule has 0 spiro atoms. The molecule has 6 nitrogen and oxygen atoms in total. The zero-order valence-corrected chi connectivity index (χ0v) is 16.0. The van der Waals surface area contributed by atoms with E-state index in [9.17, 15) is 10.1 Å². The van der Waals surface area contributed by atoms with Crippen molar-refractivity contribution >= 4 is 17.3 Å². The number of ether oxygens (including phenoxy) is 2. The average Bonchev–Trinajstić information content (AvgIpc) is 3.00. The average molecular weight is 389 g/mol. The molecule has 2 aromatic carbocycles. The number of likely N-dealkylation sites (N-methyl/N-ethyl adjacent to an activating group) is 1. The lowest BCUT2D eigenvalue weighted by Crippen LogP contribution is -2.32. The summed E-state index contributed by atoms with van der Waals surface area (Å²) in [5, 5.41) is 11.7. The van der Waals surface area contributed by atoms with Crippen LogP contribution in [0.4, 0.5) is 5.69 Å². The standard InChI is InChI=1S/C20H21ClN2O4/c1-22-6-5-12-8-17(21)20(26-2)10-15(12)16(11-22)19-9-13-7-14(23(24)25)3-4-18(13)27-19/h3-4,7-8,10,16,19H,5-6,9,11H2,1-2H3. The van der Waals surface area contributed by atoms with Crippen molar-refractivity contribution in [2.45, 2.75) is 24.9 Å². The van der Waals surface area contributed by atoms with Crippen molar-refractivity contribution < 1.29 is 14.4 Å². The van der Waals surface area contributed by atoms with Crippen molar-refractivity contribution in [3.05, 3.63) is 62.2 Å². The molecule has 0 amide bonds. The van der Waals surface area contributed by atoms with Crippen molar-refractivity contribution in [2.24, 2.45) is 0 Å². The minimum absolute atomic E-state index is 0.0767. The normalized spacial score (nSPS) is 21.7. The molecule has 0 saturated carbocycles. The molecule has 4 rings (SSSR count). The fraction of sp³-hybridized carbons (Fsp3) is 0.400. The maximum absolute atomic E-state index is 11.1. The van der Waals surface area contributed by atoms with Gasteiger partial charge in [-0.2, -0.15) is 0 Å². The van der Waals surface area contributed by atoms with Crippen LogP contribution in [0.5, 0.6) is 11.5 Å². The van der Waals surface area contributed by atoms with E-state index in [4.69, 9.17) is 21.1 Å². The number of hydrogen-bond acceptors (Lipinski definition) is 5. The molecule has 0 aromatic heterocycles. The molecule has 0 aliphatic carbocycles. The van der Waals surface area contributed by atoms with E-state index in [0.29, 0.717) is 17.2 Å². The fourth-order valence-corrected chi connectivity index (χ4v) is 4.35. The number of halogens is 1. The molecule has 2 aromatic rings. The van der Waals surface area contributed by atoms with Crippen molar-refractivity contribution in [2.75, 3.05) is 27.2 Å². The van der Waals surface area contributed by atoms with E-state index in [1.54, 1.807) is 19.2 Å². The Labute approximate surface area is 162 Å². The second-order valence-electron chi connectivity index (χ2n) is 7.21. The Bertz CT molecular complexity index is 902. The summed E-state index contributed by atoms with van der Waals surface area (Å²) in [6.45, 7) is 1.79. The Balaban J connectivity index is 1.70. The van der Waals surface area contributed by atoms with Crippen LogP contribution in [0.3, 0.4) is 0 Å². The van der Waals surface area contributed by atoms with E-state index in [0.717, 1.165) is 30.8 Å². The zero-order chi connectivity index (χ0) is 19.1. The Morgan fingerprint density at radius 3 is 2.85 bits per heavy atom. The summed E-state index contributed by atoms with van der Waals surface area (Å²) >= 11 is 6.34. The predicted octanol–water partition coefficient (Wildman–Crippen LogP) is 3.83. The predicted molar refractivity (Wildman–Crippen MR) is 103 cm³/mol. The third kappa shape index (κ3) is 3.35. The smallest absolute Gasteiger partial charge is 0.269 e. The lowest BCUT2D eigenvalue weighted by molar-refractivity contribution is -0.384. The van der Waals surface area contributed by atoms with Gasteiger partial charge in [0.2, 0.25) is 0 Å². The van der Waals surface area contributed by atoms with E-state index in [2.05, 4.69) is 11.9 Å². The van der Waals surface area contributed by atoms with Gasteiger partial charge in [-0.15, -0.1) is 0 Å². The van der Waals surface area contributed by atoms with Crippen LogP contribution in [0.15, 0.2) is 30.3 Å². The summed E-state index contributed by atoms with van der Waals surface area (Å²) < 4.78 is 11.7. The number of benzene rings is 2. The highest BCUT2D eigenvalue weighted by Crippen LogP contribution is 2.41. The highest BCUT2D eigenvalue weighted by molar-refractivity contribution is 6.32. The van der Waals surface area contributed by atoms with Gasteiger partial charge >= 0.3 is 0 Å². The van der Waals surface area contributed by atoms with Crippen LogP contribution in [0.1, 0.15) is 22.6 Å². The van der Waals surface area contributed by atoms with Gasteiger partial charge in [0.1, 0.15) is 17.6 Å². The molecule has 0 N–H and O–H groups in total. The van der Waals surface area contributed by atoms with Crippen LogP contribution in [-0.2, 0) is 12.8 Å².